The first-order chi connectivity index (χ1) is 18.2. The number of para-hydroxylation sites is 1. The molecule has 1 aliphatic carbocycles. The Bertz CT molecular complexity index is 1810. The van der Waals surface area contributed by atoms with Crippen molar-refractivity contribution in [3.8, 4) is 33.9 Å². The van der Waals surface area contributed by atoms with Crippen LogP contribution >= 0.6 is 0 Å². The van der Waals surface area contributed by atoms with E-state index in [-0.39, 0.29) is 22.9 Å². The Labute approximate surface area is 209 Å². The topological polar surface area (TPSA) is 125 Å². The van der Waals surface area contributed by atoms with Crippen LogP contribution in [0, 0.1) is 11.7 Å². The number of nitrogens with one attached hydrogen (secondary N) is 3. The van der Waals surface area contributed by atoms with Gasteiger partial charge < -0.3 is 10.3 Å². The van der Waals surface area contributed by atoms with Crippen molar-refractivity contribution >= 4 is 33.5 Å². The van der Waals surface area contributed by atoms with Crippen LogP contribution in [0.5, 0.6) is 0 Å². The van der Waals surface area contributed by atoms with E-state index < -0.39 is 5.82 Å². The molecule has 6 aromatic rings. The molecule has 0 radical (unpaired) electrons. The Hall–Kier alpha value is -4.99. The molecule has 0 bridgehead atoms. The highest BCUT2D eigenvalue weighted by atomic mass is 19.1. The third-order valence-corrected chi connectivity index (χ3v) is 6.50. The molecule has 0 aliphatic heterocycles. The summed E-state index contributed by atoms with van der Waals surface area (Å²) in [6.07, 6.45) is 9.83. The maximum atomic E-state index is 16.0. The standard InChI is InChI=1S/C27H19FN8O/c28-22-21-20(13-31-23(22)16-10-17(12-30-11-16)32-27(37)15-4-5-15)35-36-25(21)26-33-19-3-1-2-18(24(19)34-26)14-6-8-29-9-7-14/h1-3,6-13,15H,4-5H2,(H,32,37)(H,33,34)(H,35,36). The van der Waals surface area contributed by atoms with Gasteiger partial charge in [0, 0.05) is 35.6 Å². The molecule has 0 unspecified atom stereocenters. The lowest BCUT2D eigenvalue weighted by Crippen LogP contribution is -2.13. The molecule has 3 N–H and O–H groups in total. The Kier molecular flexibility index (Phi) is 4.78. The number of hydrogen-bond acceptors (Lipinski definition) is 6. The normalized spacial score (nSPS) is 13.3. The molecule has 0 spiro atoms. The lowest BCUT2D eigenvalue weighted by Gasteiger charge is -2.07. The maximum absolute atomic E-state index is 16.0. The molecule has 1 aliphatic rings. The second-order valence-electron chi connectivity index (χ2n) is 9.03. The summed E-state index contributed by atoms with van der Waals surface area (Å²) in [6, 6.07) is 11.3. The third-order valence-electron chi connectivity index (χ3n) is 6.50. The number of hydrogen-bond donors (Lipinski definition) is 3. The minimum atomic E-state index is -0.552. The summed E-state index contributed by atoms with van der Waals surface area (Å²) in [5.74, 6) is -0.117. The molecule has 7 rings (SSSR count). The van der Waals surface area contributed by atoms with Gasteiger partial charge in [0.1, 0.15) is 11.4 Å². The smallest absolute Gasteiger partial charge is 0.227 e. The highest BCUT2D eigenvalue weighted by molar-refractivity contribution is 5.98. The van der Waals surface area contributed by atoms with Gasteiger partial charge in [-0.15, -0.1) is 0 Å². The first kappa shape index (κ1) is 21.3. The number of imidazole rings is 1. The largest absolute Gasteiger partial charge is 0.337 e. The number of anilines is 1. The number of pyridine rings is 3. The minimum absolute atomic E-state index is 0.0454. The molecule has 1 amide bonds. The number of aromatic amines is 2. The molecule has 9 nitrogen and oxygen atoms in total. The molecular weight excluding hydrogens is 471 g/mol. The van der Waals surface area contributed by atoms with Gasteiger partial charge in [-0.1, -0.05) is 12.1 Å². The van der Waals surface area contributed by atoms with Gasteiger partial charge in [0.25, 0.3) is 0 Å². The van der Waals surface area contributed by atoms with Gasteiger partial charge in [-0.05, 0) is 42.7 Å². The van der Waals surface area contributed by atoms with Gasteiger partial charge in [-0.25, -0.2) is 9.37 Å². The van der Waals surface area contributed by atoms with Crippen molar-refractivity contribution in [2.24, 2.45) is 5.92 Å². The van der Waals surface area contributed by atoms with E-state index in [0.29, 0.717) is 28.3 Å². The fourth-order valence-electron chi connectivity index (χ4n) is 4.48. The highest BCUT2D eigenvalue weighted by Gasteiger charge is 2.29. The third kappa shape index (κ3) is 3.70. The van der Waals surface area contributed by atoms with E-state index in [9.17, 15) is 4.79 Å². The summed E-state index contributed by atoms with van der Waals surface area (Å²) < 4.78 is 16.0. The van der Waals surface area contributed by atoms with Gasteiger partial charge in [-0.3, -0.25) is 24.8 Å². The van der Waals surface area contributed by atoms with E-state index in [0.717, 1.165) is 35.0 Å². The van der Waals surface area contributed by atoms with Gasteiger partial charge in [0.05, 0.1) is 40.0 Å². The van der Waals surface area contributed by atoms with E-state index in [2.05, 4.69) is 35.5 Å². The quantitative estimate of drug-likeness (QED) is 0.308. The number of halogens is 1. The SMILES string of the molecule is O=C(Nc1cncc(-c2ncc3[nH]nc(-c4nc5c(-c6ccncc6)cccc5[nH]4)c3c2F)c1)C1CC1. The molecule has 10 heteroatoms. The van der Waals surface area contributed by atoms with E-state index in [1.165, 1.54) is 18.6 Å². The molecule has 1 fully saturated rings. The van der Waals surface area contributed by atoms with Crippen LogP contribution in [-0.4, -0.2) is 41.0 Å². The predicted molar refractivity (Wildman–Crippen MR) is 137 cm³/mol. The number of carbonyl (C=O) groups excluding carboxylic acids is 1. The van der Waals surface area contributed by atoms with Crippen LogP contribution in [0.4, 0.5) is 10.1 Å². The summed E-state index contributed by atoms with van der Waals surface area (Å²) in [6.45, 7) is 0. The minimum Gasteiger partial charge on any atom is -0.337 e. The van der Waals surface area contributed by atoms with Crippen LogP contribution in [0.1, 0.15) is 12.8 Å². The second-order valence-corrected chi connectivity index (χ2v) is 9.03. The summed E-state index contributed by atoms with van der Waals surface area (Å²) in [4.78, 5) is 32.8. The Balaban J connectivity index is 1.32. The Morgan fingerprint density at radius 1 is 0.973 bits per heavy atom. The van der Waals surface area contributed by atoms with Crippen LogP contribution in [0.25, 0.3) is 55.8 Å². The average Bonchev–Trinajstić information content (AvgIpc) is 3.54. The fourth-order valence-corrected chi connectivity index (χ4v) is 4.48. The first-order valence-electron chi connectivity index (χ1n) is 11.8. The van der Waals surface area contributed by atoms with Crippen molar-refractivity contribution < 1.29 is 9.18 Å². The number of aromatic nitrogens is 7. The van der Waals surface area contributed by atoms with Crippen LogP contribution in [0.2, 0.25) is 0 Å². The summed E-state index contributed by atoms with van der Waals surface area (Å²) in [5, 5.41) is 10.3. The monoisotopic (exact) mass is 490 g/mol. The zero-order valence-electron chi connectivity index (χ0n) is 19.4. The molecular formula is C27H19FN8O. The molecule has 37 heavy (non-hydrogen) atoms. The number of rotatable bonds is 5. The Morgan fingerprint density at radius 2 is 1.84 bits per heavy atom. The van der Waals surface area contributed by atoms with Crippen molar-refractivity contribution in [1.82, 2.24) is 35.1 Å². The maximum Gasteiger partial charge on any atom is 0.227 e. The zero-order valence-corrected chi connectivity index (χ0v) is 19.4. The number of nitrogens with zero attached hydrogens (tertiary/aromatic N) is 5. The summed E-state index contributed by atoms with van der Waals surface area (Å²) in [7, 11) is 0. The molecule has 0 atom stereocenters. The van der Waals surface area contributed by atoms with Gasteiger partial charge in [0.15, 0.2) is 11.6 Å². The lowest BCUT2D eigenvalue weighted by molar-refractivity contribution is -0.117. The van der Waals surface area contributed by atoms with Gasteiger partial charge >= 0.3 is 0 Å². The second kappa shape index (κ2) is 8.30. The summed E-state index contributed by atoms with van der Waals surface area (Å²) >= 11 is 0. The van der Waals surface area contributed by atoms with Crippen LogP contribution < -0.4 is 5.32 Å². The molecule has 180 valence electrons. The number of benzene rings is 1. The number of H-pyrrole nitrogens is 2. The molecule has 0 saturated heterocycles. The van der Waals surface area contributed by atoms with Crippen molar-refractivity contribution in [3.05, 3.63) is 73.2 Å². The number of carbonyl (C=O) groups is 1. The number of fused-ring (bicyclic) bond motifs is 2. The molecule has 5 aromatic heterocycles. The van der Waals surface area contributed by atoms with Crippen molar-refractivity contribution in [3.63, 3.8) is 0 Å². The van der Waals surface area contributed by atoms with Crippen molar-refractivity contribution in [2.45, 2.75) is 12.8 Å². The molecule has 1 aromatic carbocycles. The number of amides is 1. The van der Waals surface area contributed by atoms with Crippen LogP contribution in [-0.2, 0) is 4.79 Å². The first-order valence-corrected chi connectivity index (χ1v) is 11.8. The van der Waals surface area contributed by atoms with E-state index >= 15 is 4.39 Å². The summed E-state index contributed by atoms with van der Waals surface area (Å²) in [5.41, 5.74) is 5.31. The van der Waals surface area contributed by atoms with Crippen LogP contribution in [0.15, 0.2) is 67.4 Å². The molecule has 1 saturated carbocycles. The van der Waals surface area contributed by atoms with Crippen LogP contribution in [0.3, 0.4) is 0 Å². The van der Waals surface area contributed by atoms with E-state index in [1.54, 1.807) is 18.5 Å². The van der Waals surface area contributed by atoms with Crippen molar-refractivity contribution in [1.29, 1.82) is 0 Å². The predicted octanol–water partition coefficient (Wildman–Crippen LogP) is 5.11. The Morgan fingerprint density at radius 3 is 2.68 bits per heavy atom. The van der Waals surface area contributed by atoms with E-state index in [4.69, 9.17) is 4.98 Å². The highest BCUT2D eigenvalue weighted by Crippen LogP contribution is 2.35. The van der Waals surface area contributed by atoms with E-state index in [1.807, 2.05) is 30.3 Å². The zero-order chi connectivity index (χ0) is 24.9. The average molecular weight is 491 g/mol. The lowest BCUT2D eigenvalue weighted by atomic mass is 10.1. The molecule has 5 heterocycles. The fraction of sp³-hybridized carbons (Fsp3) is 0.111. The van der Waals surface area contributed by atoms with Gasteiger partial charge in [0.2, 0.25) is 5.91 Å². The van der Waals surface area contributed by atoms with Gasteiger partial charge in [-0.2, -0.15) is 5.10 Å². The van der Waals surface area contributed by atoms with Crippen molar-refractivity contribution in [2.75, 3.05) is 5.32 Å².